The minimum absolute atomic E-state index is 0.0665. The molecule has 0 atom stereocenters. The molecule has 2 rings (SSSR count). The predicted octanol–water partition coefficient (Wildman–Crippen LogP) is 3.01. The van der Waals surface area contributed by atoms with Crippen molar-refractivity contribution in [3.63, 3.8) is 0 Å². The third-order valence-corrected chi connectivity index (χ3v) is 3.54. The summed E-state index contributed by atoms with van der Waals surface area (Å²) in [6.07, 6.45) is 5.77. The van der Waals surface area contributed by atoms with Gasteiger partial charge in [-0.25, -0.2) is 5.48 Å². The summed E-state index contributed by atoms with van der Waals surface area (Å²) in [5, 5.41) is 0. The van der Waals surface area contributed by atoms with Crippen LogP contribution in [0.25, 0.3) is 0 Å². The zero-order valence-electron chi connectivity index (χ0n) is 12.1. The lowest BCUT2D eigenvalue weighted by atomic mass is 10.1. The van der Waals surface area contributed by atoms with Gasteiger partial charge in [0.2, 0.25) is 5.91 Å². The van der Waals surface area contributed by atoms with E-state index in [9.17, 15) is 4.79 Å². The van der Waals surface area contributed by atoms with Crippen molar-refractivity contribution in [1.82, 2.24) is 5.48 Å². The van der Waals surface area contributed by atoms with Crippen LogP contribution in [-0.4, -0.2) is 18.6 Å². The normalized spacial score (nSPS) is 15.2. The number of carbonyl (C=O) groups excluding carboxylic acids is 1. The van der Waals surface area contributed by atoms with E-state index >= 15 is 0 Å². The zero-order valence-corrected chi connectivity index (χ0v) is 12.1. The van der Waals surface area contributed by atoms with Crippen LogP contribution in [0.4, 0.5) is 0 Å². The quantitative estimate of drug-likeness (QED) is 0.779. The Bertz CT molecular complexity index is 427. The summed E-state index contributed by atoms with van der Waals surface area (Å²) in [5.74, 6) is 0.794. The first-order chi connectivity index (χ1) is 9.79. The summed E-state index contributed by atoms with van der Waals surface area (Å²) in [6.45, 7) is 2.59. The number of carbonyl (C=O) groups is 1. The molecule has 1 aliphatic carbocycles. The van der Waals surface area contributed by atoms with Crippen molar-refractivity contribution in [2.24, 2.45) is 0 Å². The molecule has 0 saturated heterocycles. The molecule has 0 bridgehead atoms. The van der Waals surface area contributed by atoms with Crippen LogP contribution in [0.5, 0.6) is 5.75 Å². The molecule has 0 aliphatic heterocycles. The highest BCUT2D eigenvalue weighted by Crippen LogP contribution is 2.21. The van der Waals surface area contributed by atoms with E-state index in [2.05, 4.69) is 5.48 Å². The Morgan fingerprint density at radius 1 is 1.30 bits per heavy atom. The Kier molecular flexibility index (Phi) is 5.87. The molecule has 4 heteroatoms. The standard InChI is InChI=1S/C16H23NO3/c1-2-19-15-10-6-3-7-13(15)11-12-16(18)17-20-14-8-4-5-9-14/h3,6-7,10,14H,2,4-5,8-9,11-12H2,1H3,(H,17,18). The minimum atomic E-state index is -0.0665. The second-order valence-electron chi connectivity index (χ2n) is 5.09. The lowest BCUT2D eigenvalue weighted by Gasteiger charge is -2.12. The molecule has 0 radical (unpaired) electrons. The van der Waals surface area contributed by atoms with Gasteiger partial charge in [0.1, 0.15) is 5.75 Å². The lowest BCUT2D eigenvalue weighted by Crippen LogP contribution is -2.28. The summed E-state index contributed by atoms with van der Waals surface area (Å²) in [5.41, 5.74) is 3.63. The van der Waals surface area contributed by atoms with E-state index in [1.54, 1.807) is 0 Å². The first-order valence-electron chi connectivity index (χ1n) is 7.44. The van der Waals surface area contributed by atoms with Gasteiger partial charge >= 0.3 is 0 Å². The Labute approximate surface area is 120 Å². The Morgan fingerprint density at radius 3 is 2.80 bits per heavy atom. The van der Waals surface area contributed by atoms with Crippen LogP contribution >= 0.6 is 0 Å². The highest BCUT2D eigenvalue weighted by atomic mass is 16.7. The van der Waals surface area contributed by atoms with Gasteiger partial charge in [-0.05, 0) is 37.8 Å². The van der Waals surface area contributed by atoms with Crippen molar-refractivity contribution in [1.29, 1.82) is 0 Å². The van der Waals surface area contributed by atoms with Gasteiger partial charge in [0.15, 0.2) is 0 Å². The van der Waals surface area contributed by atoms with Crippen molar-refractivity contribution >= 4 is 5.91 Å². The van der Waals surface area contributed by atoms with E-state index in [0.717, 1.165) is 24.2 Å². The van der Waals surface area contributed by atoms with Crippen molar-refractivity contribution in [2.75, 3.05) is 6.61 Å². The highest BCUT2D eigenvalue weighted by Gasteiger charge is 2.16. The van der Waals surface area contributed by atoms with E-state index in [1.807, 2.05) is 31.2 Å². The van der Waals surface area contributed by atoms with Crippen LogP contribution in [-0.2, 0) is 16.1 Å². The molecule has 0 heterocycles. The van der Waals surface area contributed by atoms with E-state index in [0.29, 0.717) is 19.4 Å². The summed E-state index contributed by atoms with van der Waals surface area (Å²) >= 11 is 0. The number of amides is 1. The number of benzene rings is 1. The number of nitrogens with one attached hydrogen (secondary N) is 1. The van der Waals surface area contributed by atoms with Crippen molar-refractivity contribution in [3.05, 3.63) is 29.8 Å². The summed E-state index contributed by atoms with van der Waals surface area (Å²) < 4.78 is 5.55. The lowest BCUT2D eigenvalue weighted by molar-refractivity contribution is -0.138. The number of para-hydroxylation sites is 1. The average Bonchev–Trinajstić information content (AvgIpc) is 2.98. The number of hydrogen-bond acceptors (Lipinski definition) is 3. The van der Waals surface area contributed by atoms with Gasteiger partial charge < -0.3 is 4.74 Å². The molecule has 1 amide bonds. The number of ether oxygens (including phenoxy) is 1. The number of aryl methyl sites for hydroxylation is 1. The number of rotatable bonds is 7. The number of hydroxylamine groups is 1. The maximum atomic E-state index is 11.8. The molecule has 1 fully saturated rings. The van der Waals surface area contributed by atoms with Crippen LogP contribution < -0.4 is 10.2 Å². The largest absolute Gasteiger partial charge is 0.494 e. The molecule has 1 aliphatic rings. The number of hydrogen-bond donors (Lipinski definition) is 1. The maximum absolute atomic E-state index is 11.8. The molecular weight excluding hydrogens is 254 g/mol. The van der Waals surface area contributed by atoms with Gasteiger partial charge in [-0.1, -0.05) is 31.0 Å². The first-order valence-corrected chi connectivity index (χ1v) is 7.44. The monoisotopic (exact) mass is 277 g/mol. The van der Waals surface area contributed by atoms with Crippen LogP contribution in [0.1, 0.15) is 44.6 Å². The molecule has 0 aromatic heterocycles. The first kappa shape index (κ1) is 14.9. The summed E-state index contributed by atoms with van der Waals surface area (Å²) in [4.78, 5) is 17.2. The minimum Gasteiger partial charge on any atom is -0.494 e. The van der Waals surface area contributed by atoms with Crippen LogP contribution in [0.2, 0.25) is 0 Å². The molecule has 1 N–H and O–H groups in total. The molecule has 110 valence electrons. The Morgan fingerprint density at radius 2 is 2.05 bits per heavy atom. The Hall–Kier alpha value is -1.55. The summed E-state index contributed by atoms with van der Waals surface area (Å²) in [6, 6.07) is 7.84. The van der Waals surface area contributed by atoms with Crippen LogP contribution in [0.3, 0.4) is 0 Å². The fraction of sp³-hybridized carbons (Fsp3) is 0.562. The van der Waals surface area contributed by atoms with Gasteiger partial charge in [-0.2, -0.15) is 0 Å². The predicted molar refractivity (Wildman–Crippen MR) is 77.4 cm³/mol. The summed E-state index contributed by atoms with van der Waals surface area (Å²) in [7, 11) is 0. The second-order valence-corrected chi connectivity index (χ2v) is 5.09. The average molecular weight is 277 g/mol. The second kappa shape index (κ2) is 7.90. The Balaban J connectivity index is 1.74. The molecular formula is C16H23NO3. The molecule has 20 heavy (non-hydrogen) atoms. The van der Waals surface area contributed by atoms with E-state index in [4.69, 9.17) is 9.57 Å². The van der Waals surface area contributed by atoms with E-state index in [-0.39, 0.29) is 12.0 Å². The maximum Gasteiger partial charge on any atom is 0.243 e. The van der Waals surface area contributed by atoms with Gasteiger partial charge in [-0.3, -0.25) is 9.63 Å². The van der Waals surface area contributed by atoms with Crippen molar-refractivity contribution in [2.45, 2.75) is 51.6 Å². The van der Waals surface area contributed by atoms with Gasteiger partial charge in [0.25, 0.3) is 0 Å². The van der Waals surface area contributed by atoms with Crippen LogP contribution in [0, 0.1) is 0 Å². The SMILES string of the molecule is CCOc1ccccc1CCC(=O)NOC1CCCC1. The zero-order chi connectivity index (χ0) is 14.2. The molecule has 0 unspecified atom stereocenters. The fourth-order valence-electron chi connectivity index (χ4n) is 2.46. The van der Waals surface area contributed by atoms with Gasteiger partial charge in [0.05, 0.1) is 12.7 Å². The molecule has 4 nitrogen and oxygen atoms in total. The molecule has 1 aromatic rings. The molecule has 1 saturated carbocycles. The smallest absolute Gasteiger partial charge is 0.243 e. The van der Waals surface area contributed by atoms with Crippen molar-refractivity contribution in [3.8, 4) is 5.75 Å². The van der Waals surface area contributed by atoms with E-state index < -0.39 is 0 Å². The van der Waals surface area contributed by atoms with Crippen molar-refractivity contribution < 1.29 is 14.4 Å². The van der Waals surface area contributed by atoms with Crippen LogP contribution in [0.15, 0.2) is 24.3 Å². The van der Waals surface area contributed by atoms with Gasteiger partial charge in [-0.15, -0.1) is 0 Å². The fourth-order valence-corrected chi connectivity index (χ4v) is 2.46. The third kappa shape index (κ3) is 4.53. The topological polar surface area (TPSA) is 47.6 Å². The highest BCUT2D eigenvalue weighted by molar-refractivity contribution is 5.75. The van der Waals surface area contributed by atoms with Gasteiger partial charge in [0, 0.05) is 6.42 Å². The molecule has 0 spiro atoms. The molecule has 1 aromatic carbocycles. The third-order valence-electron chi connectivity index (χ3n) is 3.54. The van der Waals surface area contributed by atoms with E-state index in [1.165, 1.54) is 12.8 Å².